The molecular formula is C8H17NO2. The summed E-state index contributed by atoms with van der Waals surface area (Å²) in [6.07, 6.45) is 1.99. The lowest BCUT2D eigenvalue weighted by Crippen LogP contribution is -2.14. The zero-order chi connectivity index (χ0) is 8.43. The first-order valence-corrected chi connectivity index (χ1v) is 4.20. The third-order valence-electron chi connectivity index (χ3n) is 2.35. The van der Waals surface area contributed by atoms with Gasteiger partial charge in [-0.05, 0) is 25.7 Å². The molecule has 0 aromatic rings. The average Bonchev–Trinajstić information content (AvgIpc) is 2.61. The second-order valence-electron chi connectivity index (χ2n) is 3.43. The third-order valence-corrected chi connectivity index (χ3v) is 2.35. The summed E-state index contributed by atoms with van der Waals surface area (Å²) in [6, 6.07) is 0. The number of aliphatic hydroxyl groups excluding tert-OH is 1. The van der Waals surface area contributed by atoms with E-state index in [-0.39, 0.29) is 18.4 Å². The van der Waals surface area contributed by atoms with Crippen molar-refractivity contribution in [1.29, 1.82) is 0 Å². The second kappa shape index (κ2) is 3.52. The summed E-state index contributed by atoms with van der Waals surface area (Å²) in [5.41, 5.74) is 5.44. The maximum atomic E-state index is 9.15. The van der Waals surface area contributed by atoms with Crippen LogP contribution in [0, 0.1) is 5.92 Å². The van der Waals surface area contributed by atoms with Crippen LogP contribution in [0.2, 0.25) is 0 Å². The van der Waals surface area contributed by atoms with Crippen LogP contribution in [0.1, 0.15) is 26.7 Å². The normalized spacial score (nSPS) is 34.9. The first-order chi connectivity index (χ1) is 5.11. The van der Waals surface area contributed by atoms with Crippen molar-refractivity contribution in [3.05, 3.63) is 0 Å². The van der Waals surface area contributed by atoms with E-state index >= 15 is 0 Å². The Morgan fingerprint density at radius 3 is 2.45 bits per heavy atom. The predicted molar refractivity (Wildman–Crippen MR) is 42.9 cm³/mol. The van der Waals surface area contributed by atoms with Crippen LogP contribution in [0.4, 0.5) is 0 Å². The molecule has 1 rings (SSSR count). The second-order valence-corrected chi connectivity index (χ2v) is 3.43. The number of rotatable bonds is 4. The van der Waals surface area contributed by atoms with Gasteiger partial charge in [0.05, 0.1) is 12.2 Å². The molecule has 66 valence electrons. The predicted octanol–water partition coefficient (Wildman–Crippen LogP) is 0.467. The number of nitrogens with two attached hydrogens (primary N) is 1. The van der Waals surface area contributed by atoms with Crippen LogP contribution >= 0.6 is 0 Å². The minimum Gasteiger partial charge on any atom is -0.393 e. The summed E-state index contributed by atoms with van der Waals surface area (Å²) in [6.45, 7) is 3.86. The third kappa shape index (κ3) is 2.77. The van der Waals surface area contributed by atoms with Gasteiger partial charge in [0.15, 0.2) is 0 Å². The fraction of sp³-hybridized carbons (Fsp3) is 1.00. The zero-order valence-electron chi connectivity index (χ0n) is 7.16. The van der Waals surface area contributed by atoms with Gasteiger partial charge in [0, 0.05) is 0 Å². The molecule has 0 amide bonds. The highest BCUT2D eigenvalue weighted by molar-refractivity contribution is 4.79. The summed E-state index contributed by atoms with van der Waals surface area (Å²) >= 11 is 0. The van der Waals surface area contributed by atoms with E-state index in [9.17, 15) is 0 Å². The van der Waals surface area contributed by atoms with E-state index in [0.717, 1.165) is 12.8 Å². The Hall–Kier alpha value is -0.120. The SMILES string of the molecule is CC(O)[C@@H](C)CCC1O[C@H]1N. The minimum absolute atomic E-state index is 0.0313. The van der Waals surface area contributed by atoms with Crippen LogP contribution in [0.3, 0.4) is 0 Å². The molecule has 1 aliphatic rings. The van der Waals surface area contributed by atoms with Crippen LogP contribution in [-0.2, 0) is 4.74 Å². The average molecular weight is 159 g/mol. The van der Waals surface area contributed by atoms with Crippen LogP contribution < -0.4 is 5.73 Å². The largest absolute Gasteiger partial charge is 0.393 e. The Kier molecular flexibility index (Phi) is 2.87. The summed E-state index contributed by atoms with van der Waals surface area (Å²) in [5, 5.41) is 9.15. The van der Waals surface area contributed by atoms with Crippen LogP contribution in [0.15, 0.2) is 0 Å². The Morgan fingerprint density at radius 1 is 1.55 bits per heavy atom. The maximum Gasteiger partial charge on any atom is 0.132 e. The molecule has 11 heavy (non-hydrogen) atoms. The van der Waals surface area contributed by atoms with E-state index in [1.807, 2.05) is 13.8 Å². The molecule has 0 bridgehead atoms. The lowest BCUT2D eigenvalue weighted by molar-refractivity contribution is 0.127. The molecule has 3 N–H and O–H groups in total. The van der Waals surface area contributed by atoms with Crippen molar-refractivity contribution in [3.63, 3.8) is 0 Å². The van der Waals surface area contributed by atoms with Gasteiger partial charge < -0.3 is 15.6 Å². The standard InChI is InChI=1S/C8H17NO2/c1-5(6(2)10)3-4-7-8(9)11-7/h5-8,10H,3-4,9H2,1-2H3/t5-,6?,7?,8+/m0/s1. The number of aliphatic hydroxyl groups is 1. The first-order valence-electron chi connectivity index (χ1n) is 4.20. The van der Waals surface area contributed by atoms with Crippen molar-refractivity contribution in [3.8, 4) is 0 Å². The van der Waals surface area contributed by atoms with Crippen molar-refractivity contribution in [2.45, 2.75) is 45.1 Å². The highest BCUT2D eigenvalue weighted by atomic mass is 16.6. The molecule has 3 nitrogen and oxygen atoms in total. The van der Waals surface area contributed by atoms with Crippen molar-refractivity contribution >= 4 is 0 Å². The Balaban J connectivity index is 2.03. The summed E-state index contributed by atoms with van der Waals surface area (Å²) in [4.78, 5) is 0. The molecule has 3 heteroatoms. The number of ether oxygens (including phenoxy) is 1. The van der Waals surface area contributed by atoms with Gasteiger partial charge in [-0.2, -0.15) is 0 Å². The minimum atomic E-state index is -0.218. The zero-order valence-corrected chi connectivity index (χ0v) is 7.16. The topological polar surface area (TPSA) is 58.8 Å². The number of hydrogen-bond acceptors (Lipinski definition) is 3. The van der Waals surface area contributed by atoms with E-state index in [1.54, 1.807) is 0 Å². The van der Waals surface area contributed by atoms with Gasteiger partial charge in [0.1, 0.15) is 6.23 Å². The number of epoxide rings is 1. The van der Waals surface area contributed by atoms with Gasteiger partial charge >= 0.3 is 0 Å². The smallest absolute Gasteiger partial charge is 0.132 e. The highest BCUT2D eigenvalue weighted by Gasteiger charge is 2.34. The van der Waals surface area contributed by atoms with Crippen molar-refractivity contribution in [2.75, 3.05) is 0 Å². The quantitative estimate of drug-likeness (QED) is 0.586. The van der Waals surface area contributed by atoms with Crippen LogP contribution in [-0.4, -0.2) is 23.5 Å². The summed E-state index contributed by atoms with van der Waals surface area (Å²) < 4.78 is 5.04. The van der Waals surface area contributed by atoms with Gasteiger partial charge in [0.25, 0.3) is 0 Å². The van der Waals surface area contributed by atoms with Gasteiger partial charge in [-0.3, -0.25) is 0 Å². The Bertz CT molecular complexity index is 127. The van der Waals surface area contributed by atoms with E-state index in [0.29, 0.717) is 5.92 Å². The van der Waals surface area contributed by atoms with Crippen LogP contribution in [0.25, 0.3) is 0 Å². The van der Waals surface area contributed by atoms with E-state index < -0.39 is 0 Å². The van der Waals surface area contributed by atoms with Gasteiger partial charge in [-0.15, -0.1) is 0 Å². The fourth-order valence-electron chi connectivity index (χ4n) is 1.06. The Labute approximate surface area is 67.5 Å². The van der Waals surface area contributed by atoms with E-state index in [2.05, 4.69) is 0 Å². The van der Waals surface area contributed by atoms with Crippen LogP contribution in [0.5, 0.6) is 0 Å². The maximum absolute atomic E-state index is 9.15. The Morgan fingerprint density at radius 2 is 2.09 bits per heavy atom. The molecule has 1 aliphatic heterocycles. The molecule has 0 aromatic carbocycles. The molecule has 1 saturated heterocycles. The molecule has 0 saturated carbocycles. The van der Waals surface area contributed by atoms with Gasteiger partial charge in [-0.25, -0.2) is 0 Å². The molecule has 1 heterocycles. The molecule has 0 radical (unpaired) electrons. The lowest BCUT2D eigenvalue weighted by atomic mass is 9.99. The van der Waals surface area contributed by atoms with Crippen molar-refractivity contribution in [1.82, 2.24) is 0 Å². The van der Waals surface area contributed by atoms with Gasteiger partial charge in [0.2, 0.25) is 0 Å². The lowest BCUT2D eigenvalue weighted by Gasteiger charge is -2.12. The molecule has 1 fully saturated rings. The van der Waals surface area contributed by atoms with E-state index in [4.69, 9.17) is 15.6 Å². The summed E-state index contributed by atoms with van der Waals surface area (Å²) in [5.74, 6) is 0.353. The summed E-state index contributed by atoms with van der Waals surface area (Å²) in [7, 11) is 0. The van der Waals surface area contributed by atoms with Crippen molar-refractivity contribution < 1.29 is 9.84 Å². The van der Waals surface area contributed by atoms with E-state index in [1.165, 1.54) is 0 Å². The molecular weight excluding hydrogens is 142 g/mol. The monoisotopic (exact) mass is 159 g/mol. The molecule has 0 aromatic heterocycles. The molecule has 4 atom stereocenters. The van der Waals surface area contributed by atoms with Crippen molar-refractivity contribution in [2.24, 2.45) is 11.7 Å². The molecule has 0 aliphatic carbocycles. The highest BCUT2D eigenvalue weighted by Crippen LogP contribution is 2.24. The number of hydrogen-bond donors (Lipinski definition) is 2. The molecule has 0 spiro atoms. The van der Waals surface area contributed by atoms with Gasteiger partial charge in [-0.1, -0.05) is 6.92 Å². The fourth-order valence-corrected chi connectivity index (χ4v) is 1.06. The molecule has 2 unspecified atom stereocenters. The first kappa shape index (κ1) is 8.97.